The Bertz CT molecular complexity index is 565. The van der Waals surface area contributed by atoms with Gasteiger partial charge in [0.15, 0.2) is 0 Å². The quantitative estimate of drug-likeness (QED) is 0.892. The van der Waals surface area contributed by atoms with Crippen LogP contribution in [0.15, 0.2) is 6.33 Å². The molecule has 0 saturated carbocycles. The van der Waals surface area contributed by atoms with Crippen LogP contribution in [0.1, 0.15) is 30.2 Å². The molecule has 0 aromatic carbocycles. The van der Waals surface area contributed by atoms with Crippen LogP contribution in [0.4, 0.5) is 5.82 Å². The van der Waals surface area contributed by atoms with Crippen LogP contribution in [-0.2, 0) is 12.8 Å². The number of rotatable bonds is 3. The Kier molecular flexibility index (Phi) is 3.18. The molecule has 0 amide bonds. The Labute approximate surface area is 110 Å². The predicted octanol–water partition coefficient (Wildman–Crippen LogP) is 2.36. The SMILES string of the molecule is CC(O)CNc1ncnc2sc3c(c12)CCCC3. The molecule has 18 heavy (non-hydrogen) atoms. The van der Waals surface area contributed by atoms with Crippen LogP contribution in [0.25, 0.3) is 10.2 Å². The average molecular weight is 263 g/mol. The summed E-state index contributed by atoms with van der Waals surface area (Å²) in [5, 5.41) is 13.8. The van der Waals surface area contributed by atoms with Gasteiger partial charge in [-0.05, 0) is 38.2 Å². The number of fused-ring (bicyclic) bond motifs is 3. The highest BCUT2D eigenvalue weighted by atomic mass is 32.1. The second-order valence-corrected chi connectivity index (χ2v) is 5.93. The number of anilines is 1. The van der Waals surface area contributed by atoms with E-state index in [1.165, 1.54) is 35.1 Å². The monoisotopic (exact) mass is 263 g/mol. The lowest BCUT2D eigenvalue weighted by Gasteiger charge is -2.13. The van der Waals surface area contributed by atoms with Gasteiger partial charge in [-0.1, -0.05) is 0 Å². The Morgan fingerprint density at radius 3 is 3.06 bits per heavy atom. The van der Waals surface area contributed by atoms with Crippen LogP contribution in [0.3, 0.4) is 0 Å². The number of hydrogen-bond donors (Lipinski definition) is 2. The molecule has 3 rings (SSSR count). The van der Waals surface area contributed by atoms with Crippen molar-refractivity contribution < 1.29 is 5.11 Å². The highest BCUT2D eigenvalue weighted by molar-refractivity contribution is 7.19. The maximum atomic E-state index is 9.37. The fourth-order valence-corrected chi connectivity index (χ4v) is 3.70. The minimum atomic E-state index is -0.371. The van der Waals surface area contributed by atoms with Crippen LogP contribution in [0.2, 0.25) is 0 Å². The van der Waals surface area contributed by atoms with Gasteiger partial charge in [-0.3, -0.25) is 0 Å². The minimum Gasteiger partial charge on any atom is -0.392 e. The third-order valence-electron chi connectivity index (χ3n) is 3.32. The lowest BCUT2D eigenvalue weighted by molar-refractivity contribution is 0.208. The van der Waals surface area contributed by atoms with E-state index >= 15 is 0 Å². The minimum absolute atomic E-state index is 0.371. The third kappa shape index (κ3) is 2.08. The van der Waals surface area contributed by atoms with Gasteiger partial charge < -0.3 is 10.4 Å². The fourth-order valence-electron chi connectivity index (χ4n) is 2.47. The molecule has 1 aliphatic carbocycles. The van der Waals surface area contributed by atoms with Crippen LogP contribution in [0.5, 0.6) is 0 Å². The molecule has 2 heterocycles. The van der Waals surface area contributed by atoms with Gasteiger partial charge in [0.25, 0.3) is 0 Å². The molecular weight excluding hydrogens is 246 g/mol. The predicted molar refractivity (Wildman–Crippen MR) is 74.2 cm³/mol. The molecule has 0 radical (unpaired) electrons. The van der Waals surface area contributed by atoms with E-state index in [1.54, 1.807) is 24.6 Å². The molecule has 0 bridgehead atoms. The number of hydrogen-bond acceptors (Lipinski definition) is 5. The van der Waals surface area contributed by atoms with Gasteiger partial charge in [0, 0.05) is 11.4 Å². The maximum absolute atomic E-state index is 9.37. The smallest absolute Gasteiger partial charge is 0.138 e. The van der Waals surface area contributed by atoms with Crippen molar-refractivity contribution >= 4 is 27.4 Å². The topological polar surface area (TPSA) is 58.0 Å². The van der Waals surface area contributed by atoms with Gasteiger partial charge in [0.2, 0.25) is 0 Å². The Morgan fingerprint density at radius 1 is 1.39 bits per heavy atom. The lowest BCUT2D eigenvalue weighted by Crippen LogP contribution is -2.16. The van der Waals surface area contributed by atoms with E-state index < -0.39 is 0 Å². The number of nitrogens with one attached hydrogen (secondary N) is 1. The summed E-state index contributed by atoms with van der Waals surface area (Å²) in [5.41, 5.74) is 1.43. The molecule has 1 aliphatic rings. The van der Waals surface area contributed by atoms with Gasteiger partial charge >= 0.3 is 0 Å². The van der Waals surface area contributed by atoms with Gasteiger partial charge in [-0.2, -0.15) is 0 Å². The molecule has 2 aromatic rings. The van der Waals surface area contributed by atoms with E-state index in [1.807, 2.05) is 0 Å². The largest absolute Gasteiger partial charge is 0.392 e. The number of thiophene rings is 1. The number of aliphatic hydroxyl groups excluding tert-OH is 1. The van der Waals surface area contributed by atoms with Gasteiger partial charge in [-0.25, -0.2) is 9.97 Å². The van der Waals surface area contributed by atoms with Gasteiger partial charge in [-0.15, -0.1) is 11.3 Å². The Balaban J connectivity index is 2.05. The van der Waals surface area contributed by atoms with Crippen molar-refractivity contribution in [1.82, 2.24) is 9.97 Å². The second kappa shape index (κ2) is 4.82. The lowest BCUT2D eigenvalue weighted by atomic mass is 9.97. The van der Waals surface area contributed by atoms with E-state index in [0.29, 0.717) is 6.54 Å². The summed E-state index contributed by atoms with van der Waals surface area (Å²) in [6.07, 6.45) is 6.07. The molecule has 2 aromatic heterocycles. The van der Waals surface area contributed by atoms with E-state index in [2.05, 4.69) is 15.3 Å². The number of aryl methyl sites for hydroxylation is 2. The van der Waals surface area contributed by atoms with Crippen molar-refractivity contribution in [3.05, 3.63) is 16.8 Å². The average Bonchev–Trinajstić information content (AvgIpc) is 2.75. The molecule has 96 valence electrons. The first-order valence-electron chi connectivity index (χ1n) is 6.43. The van der Waals surface area contributed by atoms with Crippen LogP contribution >= 0.6 is 11.3 Å². The summed E-state index contributed by atoms with van der Waals surface area (Å²) in [7, 11) is 0. The normalized spacial score (nSPS) is 16.6. The van der Waals surface area contributed by atoms with Crippen molar-refractivity contribution in [2.24, 2.45) is 0 Å². The van der Waals surface area contributed by atoms with E-state index in [0.717, 1.165) is 17.1 Å². The Hall–Kier alpha value is -1.20. The van der Waals surface area contributed by atoms with E-state index in [4.69, 9.17) is 0 Å². The van der Waals surface area contributed by atoms with Crippen molar-refractivity contribution in [2.45, 2.75) is 38.7 Å². The first-order chi connectivity index (χ1) is 8.75. The van der Waals surface area contributed by atoms with Crippen molar-refractivity contribution in [3.8, 4) is 0 Å². The summed E-state index contributed by atoms with van der Waals surface area (Å²) >= 11 is 1.79. The van der Waals surface area contributed by atoms with Gasteiger partial charge in [0.1, 0.15) is 17.0 Å². The van der Waals surface area contributed by atoms with E-state index in [-0.39, 0.29) is 6.10 Å². The first kappa shape index (κ1) is 11.9. The highest BCUT2D eigenvalue weighted by Gasteiger charge is 2.19. The van der Waals surface area contributed by atoms with Crippen molar-refractivity contribution in [2.75, 3.05) is 11.9 Å². The number of aromatic nitrogens is 2. The fraction of sp³-hybridized carbons (Fsp3) is 0.538. The van der Waals surface area contributed by atoms with Crippen LogP contribution in [0, 0.1) is 0 Å². The summed E-state index contributed by atoms with van der Waals surface area (Å²) in [6.45, 7) is 2.30. The molecule has 0 fully saturated rings. The van der Waals surface area contributed by atoms with Crippen LogP contribution in [-0.4, -0.2) is 27.7 Å². The Morgan fingerprint density at radius 2 is 2.22 bits per heavy atom. The molecular formula is C13H17N3OS. The van der Waals surface area contributed by atoms with Crippen molar-refractivity contribution in [3.63, 3.8) is 0 Å². The number of nitrogens with zero attached hydrogens (tertiary/aromatic N) is 2. The molecule has 1 unspecified atom stereocenters. The molecule has 1 atom stereocenters. The number of aliphatic hydroxyl groups is 1. The zero-order valence-electron chi connectivity index (χ0n) is 10.4. The summed E-state index contributed by atoms with van der Waals surface area (Å²) in [4.78, 5) is 11.3. The van der Waals surface area contributed by atoms with E-state index in [9.17, 15) is 5.11 Å². The second-order valence-electron chi connectivity index (χ2n) is 4.84. The summed E-state index contributed by atoms with van der Waals surface area (Å²) in [6, 6.07) is 0. The molecule has 4 nitrogen and oxygen atoms in total. The van der Waals surface area contributed by atoms with Crippen molar-refractivity contribution in [1.29, 1.82) is 0 Å². The molecule has 0 saturated heterocycles. The zero-order valence-corrected chi connectivity index (χ0v) is 11.3. The maximum Gasteiger partial charge on any atom is 0.138 e. The molecule has 0 aliphatic heterocycles. The van der Waals surface area contributed by atoms with Crippen LogP contribution < -0.4 is 5.32 Å². The molecule has 0 spiro atoms. The third-order valence-corrected chi connectivity index (χ3v) is 4.52. The van der Waals surface area contributed by atoms with Gasteiger partial charge in [0.05, 0.1) is 11.5 Å². The molecule has 5 heteroatoms. The highest BCUT2D eigenvalue weighted by Crippen LogP contribution is 2.37. The first-order valence-corrected chi connectivity index (χ1v) is 7.24. The standard InChI is InChI=1S/C13H17N3OS/c1-8(17)6-14-12-11-9-4-2-3-5-10(9)18-13(11)16-7-15-12/h7-8,17H,2-6H2,1H3,(H,14,15,16). The summed E-state index contributed by atoms with van der Waals surface area (Å²) in [5.74, 6) is 0.875. The summed E-state index contributed by atoms with van der Waals surface area (Å²) < 4.78 is 0. The zero-order chi connectivity index (χ0) is 12.5. The molecule has 2 N–H and O–H groups in total.